The molecular weight excluding hydrogens is 461 g/mol. The molecule has 2 fully saturated rings. The molecule has 1 saturated carbocycles. The summed E-state index contributed by atoms with van der Waals surface area (Å²) in [6, 6.07) is 9.29. The first-order valence-corrected chi connectivity index (χ1v) is 11.9. The summed E-state index contributed by atoms with van der Waals surface area (Å²) in [5, 5.41) is 12.6. The zero-order valence-corrected chi connectivity index (χ0v) is 18.2. The Morgan fingerprint density at radius 3 is 2.15 bits per heavy atom. The number of rotatable bonds is 6. The van der Waals surface area contributed by atoms with Crippen molar-refractivity contribution in [1.82, 2.24) is 10.8 Å². The Balaban J connectivity index is 1.56. The topological polar surface area (TPSA) is 105 Å². The number of amides is 1. The molecule has 1 heterocycles. The van der Waals surface area contributed by atoms with Gasteiger partial charge in [0.1, 0.15) is 11.5 Å². The van der Waals surface area contributed by atoms with E-state index in [9.17, 15) is 31.6 Å². The number of ether oxygens (including phenoxy) is 1. The van der Waals surface area contributed by atoms with Crippen molar-refractivity contribution in [2.75, 3.05) is 6.54 Å². The van der Waals surface area contributed by atoms with Gasteiger partial charge in [-0.3, -0.25) is 10.0 Å². The highest BCUT2D eigenvalue weighted by Crippen LogP contribution is 2.43. The first kappa shape index (κ1) is 23.5. The quantitative estimate of drug-likeness (QED) is 0.427. The molecule has 1 amide bonds. The van der Waals surface area contributed by atoms with E-state index in [-0.39, 0.29) is 35.3 Å². The van der Waals surface area contributed by atoms with Crippen molar-refractivity contribution in [3.8, 4) is 11.5 Å². The molecular formula is C22H23F3N2O5S. The monoisotopic (exact) mass is 484 g/mol. The molecule has 0 bridgehead atoms. The average Bonchev–Trinajstić information content (AvgIpc) is 3.64. The lowest BCUT2D eigenvalue weighted by Crippen LogP contribution is -2.60. The van der Waals surface area contributed by atoms with Gasteiger partial charge in [-0.25, -0.2) is 13.9 Å². The summed E-state index contributed by atoms with van der Waals surface area (Å²) in [7, 11) is -4.18. The van der Waals surface area contributed by atoms with Gasteiger partial charge in [-0.05, 0) is 86.7 Å². The fourth-order valence-electron chi connectivity index (χ4n) is 4.26. The van der Waals surface area contributed by atoms with E-state index in [1.807, 2.05) is 0 Å². The van der Waals surface area contributed by atoms with Crippen molar-refractivity contribution >= 4 is 15.7 Å². The number of carbonyl (C=O) groups is 1. The molecule has 33 heavy (non-hydrogen) atoms. The van der Waals surface area contributed by atoms with E-state index >= 15 is 0 Å². The van der Waals surface area contributed by atoms with E-state index in [0.717, 1.165) is 25.0 Å². The third kappa shape index (κ3) is 4.57. The number of nitrogens with one attached hydrogen (secondary N) is 2. The molecule has 0 spiro atoms. The summed E-state index contributed by atoms with van der Waals surface area (Å²) in [5.74, 6) is -0.276. The van der Waals surface area contributed by atoms with Gasteiger partial charge >= 0.3 is 6.18 Å². The van der Waals surface area contributed by atoms with Crippen LogP contribution in [0.3, 0.4) is 0 Å². The SMILES string of the molecule is O=C(NO)C1(S(=O)(=O)c2ccc(Oc3ccc(C(F)(F)F)cc3)cc2)CCNC(C2CC2)C1. The molecule has 2 aliphatic rings. The number of hydrogen-bond donors (Lipinski definition) is 3. The number of sulfone groups is 1. The van der Waals surface area contributed by atoms with E-state index in [0.29, 0.717) is 12.5 Å². The van der Waals surface area contributed by atoms with Crippen LogP contribution >= 0.6 is 0 Å². The summed E-state index contributed by atoms with van der Waals surface area (Å²) >= 11 is 0. The van der Waals surface area contributed by atoms with Crippen LogP contribution in [0.5, 0.6) is 11.5 Å². The van der Waals surface area contributed by atoms with Gasteiger partial charge in [0.05, 0.1) is 10.5 Å². The van der Waals surface area contributed by atoms with Gasteiger partial charge < -0.3 is 10.1 Å². The van der Waals surface area contributed by atoms with E-state index in [1.165, 1.54) is 41.9 Å². The van der Waals surface area contributed by atoms with Crippen LogP contribution in [-0.2, 0) is 20.8 Å². The second-order valence-electron chi connectivity index (χ2n) is 8.39. The summed E-state index contributed by atoms with van der Waals surface area (Å²) in [5.41, 5.74) is 0.730. The van der Waals surface area contributed by atoms with Gasteiger partial charge in [-0.2, -0.15) is 13.2 Å². The second-order valence-corrected chi connectivity index (χ2v) is 10.6. The molecule has 2 atom stereocenters. The Bertz CT molecular complexity index is 1120. The largest absolute Gasteiger partial charge is 0.457 e. The Labute approximate surface area is 188 Å². The molecule has 4 rings (SSSR count). The average molecular weight is 484 g/mol. The van der Waals surface area contributed by atoms with Crippen molar-refractivity contribution in [2.24, 2.45) is 5.92 Å². The third-order valence-corrected chi connectivity index (χ3v) is 8.73. The molecule has 2 aromatic carbocycles. The van der Waals surface area contributed by atoms with Crippen LogP contribution in [-0.4, -0.2) is 36.9 Å². The van der Waals surface area contributed by atoms with Gasteiger partial charge in [0.2, 0.25) is 0 Å². The van der Waals surface area contributed by atoms with E-state index < -0.39 is 32.2 Å². The van der Waals surface area contributed by atoms with Crippen molar-refractivity contribution in [1.29, 1.82) is 0 Å². The molecule has 1 aliphatic heterocycles. The van der Waals surface area contributed by atoms with E-state index in [2.05, 4.69) is 5.32 Å². The first-order chi connectivity index (χ1) is 15.6. The first-order valence-electron chi connectivity index (χ1n) is 10.4. The highest BCUT2D eigenvalue weighted by Gasteiger charge is 2.55. The van der Waals surface area contributed by atoms with Crippen LogP contribution < -0.4 is 15.5 Å². The molecule has 7 nitrogen and oxygen atoms in total. The summed E-state index contributed by atoms with van der Waals surface area (Å²) in [4.78, 5) is 12.5. The molecule has 0 radical (unpaired) electrons. The summed E-state index contributed by atoms with van der Waals surface area (Å²) in [6.45, 7) is 0.322. The second kappa shape index (κ2) is 8.62. The highest BCUT2D eigenvalue weighted by molar-refractivity contribution is 7.93. The zero-order chi connectivity index (χ0) is 23.9. The van der Waals surface area contributed by atoms with Crippen LogP contribution in [0.2, 0.25) is 0 Å². The maximum absolute atomic E-state index is 13.6. The summed E-state index contributed by atoms with van der Waals surface area (Å²) < 4.78 is 68.9. The van der Waals surface area contributed by atoms with Crippen molar-refractivity contribution in [2.45, 2.75) is 47.5 Å². The Morgan fingerprint density at radius 2 is 1.64 bits per heavy atom. The number of hydrogen-bond acceptors (Lipinski definition) is 6. The van der Waals surface area contributed by atoms with Crippen LogP contribution in [0.25, 0.3) is 0 Å². The minimum atomic E-state index is -4.46. The fraction of sp³-hybridized carbons (Fsp3) is 0.409. The Kier molecular flexibility index (Phi) is 6.14. The number of piperidine rings is 1. The standard InChI is InChI=1S/C22H23F3N2O5S/c23-22(24,25)15-3-5-16(6-4-15)32-17-7-9-18(10-8-17)33(30,31)21(20(28)27-29)11-12-26-19(13-21)14-1-2-14/h3-10,14,19,26,29H,1-2,11-13H2,(H,27,28). The number of hydroxylamine groups is 1. The maximum atomic E-state index is 13.6. The van der Waals surface area contributed by atoms with Gasteiger partial charge in [-0.1, -0.05) is 0 Å². The lowest BCUT2D eigenvalue weighted by atomic mass is 9.88. The van der Waals surface area contributed by atoms with Gasteiger partial charge in [0, 0.05) is 6.04 Å². The highest BCUT2D eigenvalue weighted by atomic mass is 32.2. The molecule has 2 aromatic rings. The Hall–Kier alpha value is -2.63. The van der Waals surface area contributed by atoms with Crippen LogP contribution in [0.4, 0.5) is 13.2 Å². The van der Waals surface area contributed by atoms with Crippen LogP contribution in [0.1, 0.15) is 31.2 Å². The van der Waals surface area contributed by atoms with Crippen LogP contribution in [0, 0.1) is 5.92 Å². The van der Waals surface area contributed by atoms with Crippen molar-refractivity contribution < 1.29 is 36.3 Å². The predicted molar refractivity (Wildman–Crippen MR) is 112 cm³/mol. The molecule has 1 saturated heterocycles. The number of alkyl halides is 3. The van der Waals surface area contributed by atoms with E-state index in [1.54, 1.807) is 0 Å². The minimum absolute atomic E-state index is 0.00868. The molecule has 11 heteroatoms. The molecule has 178 valence electrons. The minimum Gasteiger partial charge on any atom is -0.457 e. The maximum Gasteiger partial charge on any atom is 0.416 e. The molecule has 3 N–H and O–H groups in total. The van der Waals surface area contributed by atoms with Crippen LogP contribution in [0.15, 0.2) is 53.4 Å². The molecule has 2 unspecified atom stereocenters. The predicted octanol–water partition coefficient (Wildman–Crippen LogP) is 3.68. The lowest BCUT2D eigenvalue weighted by molar-refractivity contribution is -0.137. The molecule has 1 aliphatic carbocycles. The number of halogens is 3. The summed E-state index contributed by atoms with van der Waals surface area (Å²) in [6.07, 6.45) is -2.47. The normalized spacial score (nSPS) is 23.7. The lowest BCUT2D eigenvalue weighted by Gasteiger charge is -2.39. The van der Waals surface area contributed by atoms with Gasteiger partial charge in [0.25, 0.3) is 5.91 Å². The number of benzene rings is 2. The van der Waals surface area contributed by atoms with Gasteiger partial charge in [0.15, 0.2) is 14.6 Å². The fourth-order valence-corrected chi connectivity index (χ4v) is 6.26. The van der Waals surface area contributed by atoms with Crippen molar-refractivity contribution in [3.05, 3.63) is 54.1 Å². The zero-order valence-electron chi connectivity index (χ0n) is 17.4. The number of carbonyl (C=O) groups excluding carboxylic acids is 1. The molecule has 0 aromatic heterocycles. The van der Waals surface area contributed by atoms with Gasteiger partial charge in [-0.15, -0.1) is 0 Å². The van der Waals surface area contributed by atoms with E-state index in [4.69, 9.17) is 4.74 Å². The Morgan fingerprint density at radius 1 is 1.06 bits per heavy atom. The third-order valence-electron chi connectivity index (χ3n) is 6.26. The smallest absolute Gasteiger partial charge is 0.416 e. The van der Waals surface area contributed by atoms with Crippen molar-refractivity contribution in [3.63, 3.8) is 0 Å².